The number of aromatic nitrogens is 3. The van der Waals surface area contributed by atoms with Crippen LogP contribution in [0.4, 0.5) is 5.95 Å². The Labute approximate surface area is 145 Å². The van der Waals surface area contributed by atoms with Crippen molar-refractivity contribution in [1.82, 2.24) is 20.1 Å². The molecule has 8 heteroatoms. The van der Waals surface area contributed by atoms with Crippen molar-refractivity contribution in [2.45, 2.75) is 32.7 Å². The molecule has 2 aliphatic rings. The summed E-state index contributed by atoms with van der Waals surface area (Å²) in [7, 11) is 0. The summed E-state index contributed by atoms with van der Waals surface area (Å²) in [5.74, 6) is 2.53. The van der Waals surface area contributed by atoms with E-state index >= 15 is 0 Å². The number of nitrogens with one attached hydrogen (secondary N) is 1. The summed E-state index contributed by atoms with van der Waals surface area (Å²) >= 11 is 0. The standard InChI is InChI=1S/C17H21N5O3/c1-17(7-11-2-3-12-13(6-11)25-10-24-12)5-4-15(23)22(9-17)8-14-19-16(18)21-20-14/h2-3,6H,4-5,7-10H2,1H3,(H3,18,19,20,21)/t17-/m1/s1. The van der Waals surface area contributed by atoms with Crippen molar-refractivity contribution in [1.29, 1.82) is 0 Å². The molecule has 3 N–H and O–H groups in total. The molecule has 0 bridgehead atoms. The van der Waals surface area contributed by atoms with E-state index in [1.165, 1.54) is 5.56 Å². The first-order valence-corrected chi connectivity index (χ1v) is 8.34. The van der Waals surface area contributed by atoms with Crippen LogP contribution in [0.25, 0.3) is 0 Å². The van der Waals surface area contributed by atoms with Crippen LogP contribution in [0.3, 0.4) is 0 Å². The Balaban J connectivity index is 1.48. The highest BCUT2D eigenvalue weighted by Gasteiger charge is 2.35. The highest BCUT2D eigenvalue weighted by atomic mass is 16.7. The number of hydrogen-bond donors (Lipinski definition) is 2. The molecule has 1 amide bonds. The van der Waals surface area contributed by atoms with Crippen LogP contribution < -0.4 is 15.2 Å². The van der Waals surface area contributed by atoms with Gasteiger partial charge in [0.15, 0.2) is 11.5 Å². The van der Waals surface area contributed by atoms with Gasteiger partial charge >= 0.3 is 0 Å². The maximum Gasteiger partial charge on any atom is 0.239 e. The molecule has 2 aromatic rings. The number of nitrogens with zero attached hydrogens (tertiary/aromatic N) is 3. The molecule has 0 unspecified atom stereocenters. The number of carbonyl (C=O) groups is 1. The zero-order valence-corrected chi connectivity index (χ0v) is 14.1. The van der Waals surface area contributed by atoms with Crippen molar-refractivity contribution < 1.29 is 14.3 Å². The van der Waals surface area contributed by atoms with Gasteiger partial charge in [0.1, 0.15) is 5.82 Å². The zero-order chi connectivity index (χ0) is 17.4. The van der Waals surface area contributed by atoms with Crippen molar-refractivity contribution in [2.24, 2.45) is 5.41 Å². The fourth-order valence-electron chi connectivity index (χ4n) is 3.59. The van der Waals surface area contributed by atoms with Crippen LogP contribution in [0.5, 0.6) is 11.5 Å². The van der Waals surface area contributed by atoms with Gasteiger partial charge in [0.05, 0.1) is 6.54 Å². The molecular weight excluding hydrogens is 322 g/mol. The Morgan fingerprint density at radius 3 is 3.00 bits per heavy atom. The summed E-state index contributed by atoms with van der Waals surface area (Å²) < 4.78 is 10.8. The summed E-state index contributed by atoms with van der Waals surface area (Å²) in [6.07, 6.45) is 2.26. The van der Waals surface area contributed by atoms with Crippen molar-refractivity contribution >= 4 is 11.9 Å². The van der Waals surface area contributed by atoms with Gasteiger partial charge in [-0.25, -0.2) is 0 Å². The first-order chi connectivity index (χ1) is 12.0. The van der Waals surface area contributed by atoms with Crippen molar-refractivity contribution in [3.05, 3.63) is 29.6 Å². The third kappa shape index (κ3) is 3.24. The van der Waals surface area contributed by atoms with E-state index in [0.717, 1.165) is 24.3 Å². The number of carbonyl (C=O) groups excluding carboxylic acids is 1. The number of nitrogen functional groups attached to an aromatic ring is 1. The summed E-state index contributed by atoms with van der Waals surface area (Å²) in [5, 5.41) is 6.59. The highest BCUT2D eigenvalue weighted by Crippen LogP contribution is 2.38. The van der Waals surface area contributed by atoms with Gasteiger partial charge in [0.2, 0.25) is 18.6 Å². The van der Waals surface area contributed by atoms with Gasteiger partial charge in [-0.1, -0.05) is 13.0 Å². The molecule has 132 valence electrons. The normalized spacial score (nSPS) is 22.4. The third-order valence-corrected chi connectivity index (χ3v) is 4.83. The Kier molecular flexibility index (Phi) is 3.74. The van der Waals surface area contributed by atoms with Gasteiger partial charge in [0, 0.05) is 13.0 Å². The van der Waals surface area contributed by atoms with Gasteiger partial charge in [-0.05, 0) is 36.0 Å². The molecular formula is C17H21N5O3. The number of aromatic amines is 1. The van der Waals surface area contributed by atoms with E-state index in [9.17, 15) is 4.79 Å². The average Bonchev–Trinajstić information content (AvgIpc) is 3.19. The Hall–Kier alpha value is -2.77. The number of H-pyrrole nitrogens is 1. The molecule has 0 aliphatic carbocycles. The minimum Gasteiger partial charge on any atom is -0.454 e. The van der Waals surface area contributed by atoms with Crippen LogP contribution in [0, 0.1) is 5.41 Å². The lowest BCUT2D eigenvalue weighted by Gasteiger charge is -2.40. The van der Waals surface area contributed by atoms with E-state index in [2.05, 4.69) is 28.2 Å². The molecule has 1 fully saturated rings. The second-order valence-electron chi connectivity index (χ2n) is 7.07. The number of likely N-dealkylation sites (tertiary alicyclic amines) is 1. The average molecular weight is 343 g/mol. The van der Waals surface area contributed by atoms with Crippen LogP contribution in [0.1, 0.15) is 31.2 Å². The number of hydrogen-bond acceptors (Lipinski definition) is 6. The molecule has 0 spiro atoms. The molecule has 3 heterocycles. The predicted octanol–water partition coefficient (Wildman–Crippen LogP) is 1.49. The minimum absolute atomic E-state index is 0.00677. The molecule has 4 rings (SSSR count). The molecule has 1 aromatic heterocycles. The lowest BCUT2D eigenvalue weighted by atomic mass is 9.76. The Morgan fingerprint density at radius 2 is 2.20 bits per heavy atom. The van der Waals surface area contributed by atoms with E-state index < -0.39 is 0 Å². The number of amides is 1. The fraction of sp³-hybridized carbons (Fsp3) is 0.471. The van der Waals surface area contributed by atoms with E-state index in [-0.39, 0.29) is 24.1 Å². The van der Waals surface area contributed by atoms with Crippen LogP contribution >= 0.6 is 0 Å². The van der Waals surface area contributed by atoms with Crippen LogP contribution in [0.2, 0.25) is 0 Å². The molecule has 1 aromatic carbocycles. The number of ether oxygens (including phenoxy) is 2. The lowest BCUT2D eigenvalue weighted by molar-refractivity contribution is -0.138. The van der Waals surface area contributed by atoms with E-state index in [4.69, 9.17) is 15.2 Å². The summed E-state index contributed by atoms with van der Waals surface area (Å²) in [6.45, 7) is 3.56. The maximum absolute atomic E-state index is 12.3. The Morgan fingerprint density at radius 1 is 1.36 bits per heavy atom. The smallest absolute Gasteiger partial charge is 0.239 e. The van der Waals surface area contributed by atoms with Gasteiger partial charge in [0.25, 0.3) is 0 Å². The highest BCUT2D eigenvalue weighted by molar-refractivity contribution is 5.77. The van der Waals surface area contributed by atoms with Gasteiger partial charge in [-0.15, -0.1) is 5.10 Å². The second kappa shape index (κ2) is 5.94. The Bertz CT molecular complexity index is 805. The number of nitrogens with two attached hydrogens (primary N) is 1. The summed E-state index contributed by atoms with van der Waals surface area (Å²) in [4.78, 5) is 18.2. The summed E-state index contributed by atoms with van der Waals surface area (Å²) in [6, 6.07) is 6.05. The van der Waals surface area contributed by atoms with Crippen molar-refractivity contribution in [2.75, 3.05) is 19.1 Å². The second-order valence-corrected chi connectivity index (χ2v) is 7.07. The van der Waals surface area contributed by atoms with Crippen molar-refractivity contribution in [3.63, 3.8) is 0 Å². The number of fused-ring (bicyclic) bond motifs is 1. The van der Waals surface area contributed by atoms with E-state index in [1.807, 2.05) is 17.0 Å². The van der Waals surface area contributed by atoms with Gasteiger partial charge in [-0.3, -0.25) is 9.89 Å². The molecule has 2 aliphatic heterocycles. The van der Waals surface area contributed by atoms with Crippen LogP contribution in [-0.2, 0) is 17.8 Å². The van der Waals surface area contributed by atoms with Crippen LogP contribution in [-0.4, -0.2) is 39.3 Å². The van der Waals surface area contributed by atoms with E-state index in [0.29, 0.717) is 25.3 Å². The van der Waals surface area contributed by atoms with Gasteiger partial charge in [-0.2, -0.15) is 4.98 Å². The number of anilines is 1. The number of rotatable bonds is 4. The van der Waals surface area contributed by atoms with Gasteiger partial charge < -0.3 is 20.1 Å². The topological polar surface area (TPSA) is 106 Å². The van der Waals surface area contributed by atoms with E-state index in [1.54, 1.807) is 0 Å². The quantitative estimate of drug-likeness (QED) is 0.871. The first kappa shape index (κ1) is 15.7. The maximum atomic E-state index is 12.3. The third-order valence-electron chi connectivity index (χ3n) is 4.83. The molecule has 1 atom stereocenters. The van der Waals surface area contributed by atoms with Crippen molar-refractivity contribution in [3.8, 4) is 11.5 Å². The molecule has 0 radical (unpaired) electrons. The van der Waals surface area contributed by atoms with Crippen LogP contribution in [0.15, 0.2) is 18.2 Å². The molecule has 25 heavy (non-hydrogen) atoms. The zero-order valence-electron chi connectivity index (χ0n) is 14.1. The molecule has 0 saturated carbocycles. The minimum atomic E-state index is -0.00677. The summed E-state index contributed by atoms with van der Waals surface area (Å²) in [5.41, 5.74) is 6.72. The molecule has 8 nitrogen and oxygen atoms in total. The molecule has 1 saturated heterocycles. The number of benzene rings is 1. The number of piperidine rings is 1. The largest absolute Gasteiger partial charge is 0.454 e. The fourth-order valence-corrected chi connectivity index (χ4v) is 3.59. The lowest BCUT2D eigenvalue weighted by Crippen LogP contribution is -2.45. The first-order valence-electron chi connectivity index (χ1n) is 8.34. The SMILES string of the molecule is C[C@]1(Cc2ccc3c(c2)OCO3)CCC(=O)N(Cc2nc(N)n[nH]2)C1. The predicted molar refractivity (Wildman–Crippen MR) is 89.8 cm³/mol. The monoisotopic (exact) mass is 343 g/mol.